The van der Waals surface area contributed by atoms with Crippen LogP contribution in [-0.2, 0) is 4.79 Å². The lowest BCUT2D eigenvalue weighted by Crippen LogP contribution is -2.27. The van der Waals surface area contributed by atoms with Gasteiger partial charge in [-0.05, 0) is 56.5 Å². The van der Waals surface area contributed by atoms with E-state index in [-0.39, 0.29) is 12.5 Å². The number of amides is 1. The predicted octanol–water partition coefficient (Wildman–Crippen LogP) is 3.15. The third-order valence-corrected chi connectivity index (χ3v) is 3.78. The lowest BCUT2D eigenvalue weighted by atomic mass is 10.1. The highest BCUT2D eigenvalue weighted by molar-refractivity contribution is 5.99. The Balaban J connectivity index is 1.94. The molecule has 1 amide bonds. The van der Waals surface area contributed by atoms with Crippen molar-refractivity contribution in [1.29, 1.82) is 0 Å². The van der Waals surface area contributed by atoms with Gasteiger partial charge in [0.05, 0.1) is 12.3 Å². The molecular formula is C19H24N4O. The summed E-state index contributed by atoms with van der Waals surface area (Å²) in [7, 11) is 0. The van der Waals surface area contributed by atoms with Gasteiger partial charge in [0.1, 0.15) is 0 Å². The Morgan fingerprint density at radius 3 is 2.25 bits per heavy atom. The minimum Gasteiger partial charge on any atom is -0.399 e. The molecule has 0 fully saturated rings. The first kappa shape index (κ1) is 17.5. The molecule has 126 valence electrons. The summed E-state index contributed by atoms with van der Waals surface area (Å²) in [6.45, 7) is 8.13. The second-order valence-corrected chi connectivity index (χ2v) is 5.98. The Morgan fingerprint density at radius 1 is 1.08 bits per heavy atom. The highest BCUT2D eigenvalue weighted by Crippen LogP contribution is 2.21. The first-order valence-corrected chi connectivity index (χ1v) is 7.87. The number of hydrogen-bond donors (Lipinski definition) is 3. The molecule has 2 aromatic carbocycles. The van der Waals surface area contributed by atoms with Gasteiger partial charge in [-0.3, -0.25) is 4.79 Å². The maximum atomic E-state index is 12.0. The van der Waals surface area contributed by atoms with Crippen LogP contribution in [0.5, 0.6) is 0 Å². The van der Waals surface area contributed by atoms with Crippen molar-refractivity contribution in [3.8, 4) is 0 Å². The molecule has 0 atom stereocenters. The summed E-state index contributed by atoms with van der Waals surface area (Å²) < 4.78 is 0. The van der Waals surface area contributed by atoms with E-state index in [0.717, 1.165) is 28.1 Å². The minimum absolute atomic E-state index is 0.170. The molecule has 5 heteroatoms. The first-order valence-electron chi connectivity index (χ1n) is 7.87. The van der Waals surface area contributed by atoms with Crippen molar-refractivity contribution in [2.45, 2.75) is 27.7 Å². The molecule has 4 N–H and O–H groups in total. The van der Waals surface area contributed by atoms with Gasteiger partial charge in [-0.15, -0.1) is 0 Å². The molecular weight excluding hydrogens is 300 g/mol. The molecule has 24 heavy (non-hydrogen) atoms. The maximum Gasteiger partial charge on any atom is 0.259 e. The molecule has 0 radical (unpaired) electrons. The van der Waals surface area contributed by atoms with E-state index in [4.69, 9.17) is 5.73 Å². The van der Waals surface area contributed by atoms with Gasteiger partial charge in [0, 0.05) is 11.4 Å². The molecule has 0 spiro atoms. The van der Waals surface area contributed by atoms with Crippen molar-refractivity contribution in [2.24, 2.45) is 5.10 Å². The van der Waals surface area contributed by atoms with E-state index >= 15 is 0 Å². The van der Waals surface area contributed by atoms with Crippen molar-refractivity contribution in [2.75, 3.05) is 17.6 Å². The maximum absolute atomic E-state index is 12.0. The van der Waals surface area contributed by atoms with Crippen LogP contribution >= 0.6 is 0 Å². The number of carbonyl (C=O) groups is 1. The molecule has 0 aliphatic rings. The van der Waals surface area contributed by atoms with Crippen LogP contribution in [0.1, 0.15) is 29.2 Å². The van der Waals surface area contributed by atoms with E-state index in [2.05, 4.69) is 34.9 Å². The molecule has 0 unspecified atom stereocenters. The van der Waals surface area contributed by atoms with Gasteiger partial charge in [-0.2, -0.15) is 5.10 Å². The number of nitrogens with zero attached hydrogens (tertiary/aromatic N) is 1. The fourth-order valence-corrected chi connectivity index (χ4v) is 2.60. The average Bonchev–Trinajstić information content (AvgIpc) is 2.52. The number of carbonyl (C=O) groups excluding carboxylic acids is 1. The predicted molar refractivity (Wildman–Crippen MR) is 100 cm³/mol. The SMILES string of the molecule is C/C(=N/NC(=O)CNc1c(C)cc(C)cc1C)c1ccc(N)cc1. The topological polar surface area (TPSA) is 79.5 Å². The lowest BCUT2D eigenvalue weighted by molar-refractivity contribution is -0.119. The fraction of sp³-hybridized carbons (Fsp3) is 0.263. The summed E-state index contributed by atoms with van der Waals surface area (Å²) in [4.78, 5) is 12.0. The standard InChI is InChI=1S/C19H24N4O/c1-12-9-13(2)19(14(3)10-12)21-11-18(24)23-22-15(4)16-5-7-17(20)8-6-16/h5-10,21H,11,20H2,1-4H3,(H,23,24)/b22-15-. The zero-order chi connectivity index (χ0) is 17.7. The monoisotopic (exact) mass is 324 g/mol. The summed E-state index contributed by atoms with van der Waals surface area (Å²) in [6.07, 6.45) is 0. The van der Waals surface area contributed by atoms with Gasteiger partial charge in [0.15, 0.2) is 0 Å². The van der Waals surface area contributed by atoms with Crippen LogP contribution in [0, 0.1) is 20.8 Å². The molecule has 5 nitrogen and oxygen atoms in total. The minimum atomic E-state index is -0.191. The normalized spacial score (nSPS) is 11.2. The third-order valence-electron chi connectivity index (χ3n) is 3.78. The van der Waals surface area contributed by atoms with E-state index < -0.39 is 0 Å². The highest BCUT2D eigenvalue weighted by Gasteiger charge is 2.06. The van der Waals surface area contributed by atoms with Crippen molar-refractivity contribution >= 4 is 23.0 Å². The average molecular weight is 324 g/mol. The second kappa shape index (κ2) is 7.64. The van der Waals surface area contributed by atoms with Crippen LogP contribution in [0.4, 0.5) is 11.4 Å². The van der Waals surface area contributed by atoms with E-state index in [9.17, 15) is 4.79 Å². The van der Waals surface area contributed by atoms with E-state index in [1.807, 2.05) is 32.9 Å². The molecule has 0 saturated carbocycles. The van der Waals surface area contributed by atoms with Crippen LogP contribution in [-0.4, -0.2) is 18.2 Å². The molecule has 0 aliphatic heterocycles. The van der Waals surface area contributed by atoms with Crippen LogP contribution in [0.2, 0.25) is 0 Å². The second-order valence-electron chi connectivity index (χ2n) is 5.98. The number of nitrogens with one attached hydrogen (secondary N) is 2. The van der Waals surface area contributed by atoms with Gasteiger partial charge in [0.25, 0.3) is 5.91 Å². The third kappa shape index (κ3) is 4.59. The summed E-state index contributed by atoms with van der Waals surface area (Å²) in [6, 6.07) is 11.5. The summed E-state index contributed by atoms with van der Waals surface area (Å²) in [5.41, 5.74) is 15.0. The summed E-state index contributed by atoms with van der Waals surface area (Å²) >= 11 is 0. The molecule has 2 rings (SSSR count). The Labute approximate surface area is 143 Å². The zero-order valence-corrected chi connectivity index (χ0v) is 14.6. The van der Waals surface area contributed by atoms with Crippen LogP contribution in [0.15, 0.2) is 41.5 Å². The van der Waals surface area contributed by atoms with Crippen molar-refractivity contribution in [3.05, 3.63) is 58.7 Å². The van der Waals surface area contributed by atoms with Crippen molar-refractivity contribution in [1.82, 2.24) is 5.43 Å². The molecule has 0 saturated heterocycles. The fourth-order valence-electron chi connectivity index (χ4n) is 2.60. The first-order chi connectivity index (χ1) is 11.4. The van der Waals surface area contributed by atoms with E-state index in [1.165, 1.54) is 5.56 Å². The number of hydrazone groups is 1. The van der Waals surface area contributed by atoms with Gasteiger partial charge >= 0.3 is 0 Å². The van der Waals surface area contributed by atoms with Crippen molar-refractivity contribution in [3.63, 3.8) is 0 Å². The zero-order valence-electron chi connectivity index (χ0n) is 14.6. The molecule has 2 aromatic rings. The van der Waals surface area contributed by atoms with E-state index in [1.54, 1.807) is 12.1 Å². The highest BCUT2D eigenvalue weighted by atomic mass is 16.2. The Bertz CT molecular complexity index is 740. The number of rotatable bonds is 5. The van der Waals surface area contributed by atoms with Crippen molar-refractivity contribution < 1.29 is 4.79 Å². The van der Waals surface area contributed by atoms with Crippen LogP contribution in [0.25, 0.3) is 0 Å². The number of anilines is 2. The van der Waals surface area contributed by atoms with Crippen LogP contribution in [0.3, 0.4) is 0 Å². The largest absolute Gasteiger partial charge is 0.399 e. The van der Waals surface area contributed by atoms with E-state index in [0.29, 0.717) is 5.69 Å². The number of nitrogens with two attached hydrogens (primary N) is 1. The summed E-state index contributed by atoms with van der Waals surface area (Å²) in [5, 5.41) is 7.31. The van der Waals surface area contributed by atoms with Gasteiger partial charge in [-0.1, -0.05) is 29.8 Å². The number of nitrogen functional groups attached to an aromatic ring is 1. The quantitative estimate of drug-likeness (QED) is 0.449. The van der Waals surface area contributed by atoms with Gasteiger partial charge in [0.2, 0.25) is 0 Å². The molecule has 0 heterocycles. The lowest BCUT2D eigenvalue weighted by Gasteiger charge is -2.13. The molecule has 0 aliphatic carbocycles. The van der Waals surface area contributed by atoms with Gasteiger partial charge in [-0.25, -0.2) is 5.43 Å². The molecule has 0 bridgehead atoms. The number of aryl methyl sites for hydroxylation is 3. The smallest absolute Gasteiger partial charge is 0.259 e. The number of benzene rings is 2. The Morgan fingerprint density at radius 2 is 1.67 bits per heavy atom. The number of hydrogen-bond acceptors (Lipinski definition) is 4. The molecule has 0 aromatic heterocycles. The Hall–Kier alpha value is -2.82. The summed E-state index contributed by atoms with van der Waals surface area (Å²) in [5.74, 6) is -0.191. The van der Waals surface area contributed by atoms with Gasteiger partial charge < -0.3 is 11.1 Å². The van der Waals surface area contributed by atoms with Crippen LogP contribution < -0.4 is 16.5 Å². The Kier molecular flexibility index (Phi) is 5.58.